The number of nitrogens with two attached hydrogens (primary N) is 1. The molecule has 0 aliphatic rings. The molecule has 1 heterocycles. The number of nitrogens with zero attached hydrogens (tertiary/aromatic N) is 3. The van der Waals surface area contributed by atoms with Crippen molar-refractivity contribution in [3.05, 3.63) is 24.3 Å². The molecule has 96 valence electrons. The molecule has 0 spiro atoms. The zero-order chi connectivity index (χ0) is 12.7. The Hall–Kier alpha value is -1.00. The van der Waals surface area contributed by atoms with Gasteiger partial charge in [0.1, 0.15) is 5.82 Å². The largest absolute Gasteiger partial charge is 0.330 e. The van der Waals surface area contributed by atoms with Crippen molar-refractivity contribution in [1.82, 2.24) is 14.9 Å². The van der Waals surface area contributed by atoms with Crippen LogP contribution in [0.1, 0.15) is 33.0 Å². The fraction of sp³-hybridized carbons (Fsp3) is 0.692. The monoisotopic (exact) mass is 236 g/mol. The summed E-state index contributed by atoms with van der Waals surface area (Å²) in [5.41, 5.74) is 5.93. The number of rotatable bonds is 7. The summed E-state index contributed by atoms with van der Waals surface area (Å²) in [4.78, 5) is 10.9. The average molecular weight is 236 g/mol. The lowest BCUT2D eigenvalue weighted by Gasteiger charge is -2.31. The number of hydrogen-bond donors (Lipinski definition) is 1. The van der Waals surface area contributed by atoms with Gasteiger partial charge in [-0.25, -0.2) is 9.97 Å². The van der Waals surface area contributed by atoms with E-state index in [2.05, 4.69) is 35.6 Å². The smallest absolute Gasteiger partial charge is 0.142 e. The van der Waals surface area contributed by atoms with Gasteiger partial charge in [-0.1, -0.05) is 20.8 Å². The molecule has 2 N–H and O–H groups in total. The highest BCUT2D eigenvalue weighted by Gasteiger charge is 2.20. The third-order valence-corrected chi connectivity index (χ3v) is 2.73. The fourth-order valence-corrected chi connectivity index (χ4v) is 1.81. The lowest BCUT2D eigenvalue weighted by Crippen LogP contribution is -2.39. The lowest BCUT2D eigenvalue weighted by atomic mass is 9.93. The van der Waals surface area contributed by atoms with Crippen molar-refractivity contribution in [2.75, 3.05) is 19.6 Å². The van der Waals surface area contributed by atoms with Crippen molar-refractivity contribution in [2.24, 2.45) is 11.1 Å². The molecule has 4 heteroatoms. The van der Waals surface area contributed by atoms with Crippen molar-refractivity contribution in [1.29, 1.82) is 0 Å². The van der Waals surface area contributed by atoms with E-state index in [0.29, 0.717) is 6.54 Å². The quantitative estimate of drug-likeness (QED) is 0.782. The Morgan fingerprint density at radius 1 is 1.29 bits per heavy atom. The molecule has 0 aliphatic carbocycles. The first kappa shape index (κ1) is 14.1. The van der Waals surface area contributed by atoms with E-state index < -0.39 is 0 Å². The first-order valence-corrected chi connectivity index (χ1v) is 6.25. The summed E-state index contributed by atoms with van der Waals surface area (Å²) >= 11 is 0. The second kappa shape index (κ2) is 6.67. The average Bonchev–Trinajstić information content (AvgIpc) is 2.30. The Morgan fingerprint density at radius 2 is 1.94 bits per heavy atom. The minimum Gasteiger partial charge on any atom is -0.330 e. The molecule has 0 unspecified atom stereocenters. The van der Waals surface area contributed by atoms with Crippen LogP contribution in [0.4, 0.5) is 0 Å². The van der Waals surface area contributed by atoms with Gasteiger partial charge < -0.3 is 5.73 Å². The summed E-state index contributed by atoms with van der Waals surface area (Å²) in [5, 5.41) is 0. The zero-order valence-corrected chi connectivity index (χ0v) is 11.2. The predicted molar refractivity (Wildman–Crippen MR) is 70.4 cm³/mol. The highest BCUT2D eigenvalue weighted by molar-refractivity contribution is 4.89. The van der Waals surface area contributed by atoms with Crippen LogP contribution in [0.5, 0.6) is 0 Å². The van der Waals surface area contributed by atoms with Crippen LogP contribution < -0.4 is 5.73 Å². The zero-order valence-electron chi connectivity index (χ0n) is 11.2. The first-order chi connectivity index (χ1) is 8.07. The molecule has 17 heavy (non-hydrogen) atoms. The molecular formula is C13H24N4. The van der Waals surface area contributed by atoms with E-state index in [-0.39, 0.29) is 5.41 Å². The van der Waals surface area contributed by atoms with Crippen LogP contribution in [0, 0.1) is 5.41 Å². The maximum absolute atomic E-state index is 5.79. The van der Waals surface area contributed by atoms with Gasteiger partial charge >= 0.3 is 0 Å². The van der Waals surface area contributed by atoms with Gasteiger partial charge in [-0.05, 0) is 31.0 Å². The summed E-state index contributed by atoms with van der Waals surface area (Å²) < 4.78 is 0. The van der Waals surface area contributed by atoms with Crippen LogP contribution in [-0.2, 0) is 6.54 Å². The molecule has 0 aromatic carbocycles. The minimum atomic E-state index is 0.143. The molecule has 4 nitrogen and oxygen atoms in total. The lowest BCUT2D eigenvalue weighted by molar-refractivity contribution is 0.172. The predicted octanol–water partition coefficient (Wildman–Crippen LogP) is 1.67. The molecule has 1 aromatic heterocycles. The van der Waals surface area contributed by atoms with E-state index in [4.69, 9.17) is 5.73 Å². The molecule has 0 saturated carbocycles. The molecule has 0 amide bonds. The van der Waals surface area contributed by atoms with Gasteiger partial charge in [-0.3, -0.25) is 4.90 Å². The molecule has 0 aliphatic heterocycles. The Kier molecular flexibility index (Phi) is 5.51. The second-order valence-electron chi connectivity index (χ2n) is 5.24. The normalized spacial score (nSPS) is 12.1. The van der Waals surface area contributed by atoms with E-state index in [0.717, 1.165) is 31.9 Å². The van der Waals surface area contributed by atoms with Gasteiger partial charge in [-0.2, -0.15) is 0 Å². The summed E-state index contributed by atoms with van der Waals surface area (Å²) in [5.74, 6) is 0.883. The van der Waals surface area contributed by atoms with Crippen molar-refractivity contribution < 1.29 is 0 Å². The molecule has 0 bridgehead atoms. The highest BCUT2D eigenvalue weighted by atomic mass is 15.1. The topological polar surface area (TPSA) is 55.0 Å². The van der Waals surface area contributed by atoms with Gasteiger partial charge in [0.15, 0.2) is 0 Å². The van der Waals surface area contributed by atoms with E-state index in [1.165, 1.54) is 0 Å². The summed E-state index contributed by atoms with van der Waals surface area (Å²) in [6.07, 6.45) is 4.72. The standard InChI is InChI=1S/C13H24N4/c1-4-8-17(11-13(2,3)10-14)9-12-15-6-5-7-16-12/h5-7H,4,8-11,14H2,1-3H3. The van der Waals surface area contributed by atoms with Crippen LogP contribution in [0.2, 0.25) is 0 Å². The highest BCUT2D eigenvalue weighted by Crippen LogP contribution is 2.16. The van der Waals surface area contributed by atoms with Gasteiger partial charge in [0, 0.05) is 18.9 Å². The number of hydrogen-bond acceptors (Lipinski definition) is 4. The molecule has 0 fully saturated rings. The van der Waals surface area contributed by atoms with Gasteiger partial charge in [0.25, 0.3) is 0 Å². The Balaban J connectivity index is 2.60. The van der Waals surface area contributed by atoms with Crippen LogP contribution in [-0.4, -0.2) is 34.5 Å². The van der Waals surface area contributed by atoms with E-state index in [1.54, 1.807) is 12.4 Å². The van der Waals surface area contributed by atoms with Crippen LogP contribution in [0.15, 0.2) is 18.5 Å². The fourth-order valence-electron chi connectivity index (χ4n) is 1.81. The van der Waals surface area contributed by atoms with E-state index in [9.17, 15) is 0 Å². The molecular weight excluding hydrogens is 212 g/mol. The molecule has 1 rings (SSSR count). The molecule has 0 saturated heterocycles. The molecule has 0 atom stereocenters. The Morgan fingerprint density at radius 3 is 2.47 bits per heavy atom. The van der Waals surface area contributed by atoms with Crippen molar-refractivity contribution in [3.8, 4) is 0 Å². The Labute approximate surface area is 104 Å². The van der Waals surface area contributed by atoms with Crippen LogP contribution in [0.3, 0.4) is 0 Å². The van der Waals surface area contributed by atoms with Gasteiger partial charge in [0.05, 0.1) is 6.54 Å². The summed E-state index contributed by atoms with van der Waals surface area (Å²) in [7, 11) is 0. The Bertz CT molecular complexity index is 310. The van der Waals surface area contributed by atoms with Gasteiger partial charge in [0.2, 0.25) is 0 Å². The van der Waals surface area contributed by atoms with Crippen molar-refractivity contribution in [2.45, 2.75) is 33.7 Å². The van der Waals surface area contributed by atoms with Crippen LogP contribution in [0.25, 0.3) is 0 Å². The first-order valence-electron chi connectivity index (χ1n) is 6.25. The third kappa shape index (κ3) is 5.24. The SMILES string of the molecule is CCCN(Cc1ncccn1)CC(C)(C)CN. The van der Waals surface area contributed by atoms with E-state index >= 15 is 0 Å². The summed E-state index contributed by atoms with van der Waals surface area (Å²) in [6, 6.07) is 1.84. The molecule has 0 radical (unpaired) electrons. The van der Waals surface area contributed by atoms with Crippen molar-refractivity contribution in [3.63, 3.8) is 0 Å². The number of aromatic nitrogens is 2. The van der Waals surface area contributed by atoms with Crippen molar-refractivity contribution >= 4 is 0 Å². The second-order valence-corrected chi connectivity index (χ2v) is 5.24. The minimum absolute atomic E-state index is 0.143. The summed E-state index contributed by atoms with van der Waals surface area (Å²) in [6.45, 7) is 10.1. The third-order valence-electron chi connectivity index (χ3n) is 2.73. The van der Waals surface area contributed by atoms with Gasteiger partial charge in [-0.15, -0.1) is 0 Å². The van der Waals surface area contributed by atoms with Crippen LogP contribution >= 0.6 is 0 Å². The maximum atomic E-state index is 5.79. The maximum Gasteiger partial charge on any atom is 0.142 e. The van der Waals surface area contributed by atoms with E-state index in [1.807, 2.05) is 6.07 Å². The molecule has 1 aromatic rings.